The summed E-state index contributed by atoms with van der Waals surface area (Å²) in [6.07, 6.45) is 4.98. The molecule has 0 radical (unpaired) electrons. The molecule has 0 saturated heterocycles. The third-order valence-corrected chi connectivity index (χ3v) is 6.38. The van der Waals surface area contributed by atoms with Crippen LogP contribution in [0.5, 0.6) is 0 Å². The van der Waals surface area contributed by atoms with Crippen molar-refractivity contribution < 1.29 is 4.79 Å². The molecule has 0 aliphatic rings. The van der Waals surface area contributed by atoms with Gasteiger partial charge in [0, 0.05) is 61.7 Å². The van der Waals surface area contributed by atoms with Crippen LogP contribution in [0.25, 0.3) is 22.2 Å². The molecule has 9 heteroatoms. The van der Waals surface area contributed by atoms with Gasteiger partial charge in [-0.15, -0.1) is 0 Å². The number of carbonyl (C=O) groups is 1. The molecule has 0 unspecified atom stereocenters. The summed E-state index contributed by atoms with van der Waals surface area (Å²) in [6.45, 7) is 7.26. The van der Waals surface area contributed by atoms with Gasteiger partial charge in [0.1, 0.15) is 0 Å². The van der Waals surface area contributed by atoms with Gasteiger partial charge in [-0.05, 0) is 63.0 Å². The van der Waals surface area contributed by atoms with Crippen LogP contribution in [0.3, 0.4) is 0 Å². The van der Waals surface area contributed by atoms with E-state index in [0.717, 1.165) is 52.2 Å². The molecule has 4 rings (SSSR count). The maximum atomic E-state index is 12.2. The topological polar surface area (TPSA) is 102 Å². The Morgan fingerprint density at radius 2 is 1.95 bits per heavy atom. The fourth-order valence-corrected chi connectivity index (χ4v) is 4.24. The van der Waals surface area contributed by atoms with Crippen LogP contribution in [0.4, 0.5) is 23.0 Å². The summed E-state index contributed by atoms with van der Waals surface area (Å²) in [5.41, 5.74) is 6.62. The summed E-state index contributed by atoms with van der Waals surface area (Å²) < 4.78 is 1.99. The highest BCUT2D eigenvalue weighted by Gasteiger charge is 2.15. The van der Waals surface area contributed by atoms with Gasteiger partial charge >= 0.3 is 0 Å². The normalized spacial score (nSPS) is 10.9. The van der Waals surface area contributed by atoms with Gasteiger partial charge in [-0.1, -0.05) is 12.6 Å². The molecular formula is C29H32N8O. The minimum Gasteiger partial charge on any atom is -0.372 e. The van der Waals surface area contributed by atoms with E-state index in [4.69, 9.17) is 4.98 Å². The Labute approximate surface area is 223 Å². The first-order chi connectivity index (χ1) is 18.2. The standard InChI is InChI=1S/C29H32N8O/c1-7-28(38)32-25-16-24(19(2)14-27(25)36(5)13-12-35(3)4)34-29-31-11-10-23(33-29)22-18-37(6)26-15-20(17-30)8-9-21(22)26/h7-11,14-16,18H,1,12-13H2,2-6H3,(H,32,38)(H,31,33,34). The van der Waals surface area contributed by atoms with Gasteiger partial charge < -0.3 is 25.0 Å². The van der Waals surface area contributed by atoms with Crippen molar-refractivity contribution in [1.29, 1.82) is 5.26 Å². The fraction of sp³-hybridized carbons (Fsp3) is 0.241. The molecule has 0 aliphatic heterocycles. The maximum absolute atomic E-state index is 12.2. The van der Waals surface area contributed by atoms with Crippen molar-refractivity contribution in [3.63, 3.8) is 0 Å². The predicted octanol–water partition coefficient (Wildman–Crippen LogP) is 4.68. The monoisotopic (exact) mass is 508 g/mol. The van der Waals surface area contributed by atoms with Crippen LogP contribution in [-0.4, -0.2) is 59.6 Å². The first-order valence-electron chi connectivity index (χ1n) is 12.2. The SMILES string of the molecule is C=CC(=O)Nc1cc(Nc2nccc(-c3cn(C)c4cc(C#N)ccc34)n2)c(C)cc1N(C)CCN(C)C. The Bertz CT molecular complexity index is 1550. The summed E-state index contributed by atoms with van der Waals surface area (Å²) in [5.74, 6) is 0.154. The first kappa shape index (κ1) is 26.4. The second kappa shape index (κ2) is 11.2. The van der Waals surface area contributed by atoms with Crippen molar-refractivity contribution in [3.8, 4) is 17.3 Å². The largest absolute Gasteiger partial charge is 0.372 e. The van der Waals surface area contributed by atoms with Crippen molar-refractivity contribution in [2.24, 2.45) is 7.05 Å². The highest BCUT2D eigenvalue weighted by Crippen LogP contribution is 2.34. The average Bonchev–Trinajstić information content (AvgIpc) is 3.24. The van der Waals surface area contributed by atoms with Crippen LogP contribution in [0.15, 0.2) is 61.4 Å². The molecule has 194 valence electrons. The Morgan fingerprint density at radius 3 is 2.66 bits per heavy atom. The molecule has 2 heterocycles. The lowest BCUT2D eigenvalue weighted by molar-refractivity contribution is -0.111. The van der Waals surface area contributed by atoms with Gasteiger partial charge in [0.25, 0.3) is 0 Å². The Balaban J connectivity index is 1.68. The van der Waals surface area contributed by atoms with Gasteiger partial charge in [0.15, 0.2) is 0 Å². The molecule has 0 fully saturated rings. The molecular weight excluding hydrogens is 476 g/mol. The summed E-state index contributed by atoms with van der Waals surface area (Å²) >= 11 is 0. The third-order valence-electron chi connectivity index (χ3n) is 6.38. The number of nitrogens with one attached hydrogen (secondary N) is 2. The van der Waals surface area contributed by atoms with E-state index < -0.39 is 0 Å². The third kappa shape index (κ3) is 5.66. The van der Waals surface area contributed by atoms with Crippen LogP contribution in [-0.2, 0) is 11.8 Å². The number of hydrogen-bond acceptors (Lipinski definition) is 7. The zero-order chi connectivity index (χ0) is 27.4. The lowest BCUT2D eigenvalue weighted by Gasteiger charge is -2.25. The molecule has 4 aromatic rings. The van der Waals surface area contributed by atoms with Crippen LogP contribution in [0, 0.1) is 18.3 Å². The number of amides is 1. The van der Waals surface area contributed by atoms with Gasteiger partial charge in [0.2, 0.25) is 11.9 Å². The van der Waals surface area contributed by atoms with Crippen molar-refractivity contribution in [2.75, 3.05) is 49.8 Å². The molecule has 0 atom stereocenters. The molecule has 38 heavy (non-hydrogen) atoms. The van der Waals surface area contributed by atoms with Gasteiger partial charge in [0.05, 0.1) is 28.7 Å². The zero-order valence-corrected chi connectivity index (χ0v) is 22.4. The number of fused-ring (bicyclic) bond motifs is 1. The van der Waals surface area contributed by atoms with E-state index in [9.17, 15) is 10.1 Å². The van der Waals surface area contributed by atoms with Crippen LogP contribution < -0.4 is 15.5 Å². The number of aromatic nitrogens is 3. The van der Waals surface area contributed by atoms with Crippen molar-refractivity contribution in [2.45, 2.75) is 6.92 Å². The molecule has 0 spiro atoms. The van der Waals surface area contributed by atoms with Crippen molar-refractivity contribution >= 4 is 39.8 Å². The summed E-state index contributed by atoms with van der Waals surface area (Å²) in [5, 5.41) is 16.5. The quantitative estimate of drug-likeness (QED) is 0.317. The second-order valence-corrected chi connectivity index (χ2v) is 9.49. The van der Waals surface area contributed by atoms with E-state index in [1.165, 1.54) is 6.08 Å². The molecule has 2 aromatic carbocycles. The van der Waals surface area contributed by atoms with Crippen molar-refractivity contribution in [1.82, 2.24) is 19.4 Å². The minimum atomic E-state index is -0.282. The Kier molecular flexibility index (Phi) is 7.74. The predicted molar refractivity (Wildman–Crippen MR) is 154 cm³/mol. The zero-order valence-electron chi connectivity index (χ0n) is 22.4. The molecule has 0 bridgehead atoms. The van der Waals surface area contributed by atoms with E-state index in [-0.39, 0.29) is 5.91 Å². The average molecular weight is 509 g/mol. The Morgan fingerprint density at radius 1 is 1.16 bits per heavy atom. The number of benzene rings is 2. The molecule has 0 aliphatic carbocycles. The van der Waals surface area contributed by atoms with Gasteiger partial charge in [-0.2, -0.15) is 5.26 Å². The number of nitrogens with zero attached hydrogens (tertiary/aromatic N) is 6. The number of anilines is 4. The number of aryl methyl sites for hydroxylation is 2. The summed E-state index contributed by atoms with van der Waals surface area (Å²) in [6, 6.07) is 13.6. The number of likely N-dealkylation sites (N-methyl/N-ethyl adjacent to an activating group) is 2. The highest BCUT2D eigenvalue weighted by molar-refractivity contribution is 6.02. The second-order valence-electron chi connectivity index (χ2n) is 9.49. The fourth-order valence-electron chi connectivity index (χ4n) is 4.24. The molecule has 0 saturated carbocycles. The van der Waals surface area contributed by atoms with Crippen LogP contribution in [0.1, 0.15) is 11.1 Å². The Hall–Kier alpha value is -4.68. The van der Waals surface area contributed by atoms with E-state index in [1.807, 2.05) is 82.3 Å². The van der Waals surface area contributed by atoms with E-state index in [0.29, 0.717) is 17.2 Å². The first-order valence-corrected chi connectivity index (χ1v) is 12.2. The van der Waals surface area contributed by atoms with E-state index in [1.54, 1.807) is 6.20 Å². The minimum absolute atomic E-state index is 0.282. The maximum Gasteiger partial charge on any atom is 0.247 e. The van der Waals surface area contributed by atoms with Gasteiger partial charge in [-0.25, -0.2) is 9.97 Å². The molecule has 1 amide bonds. The molecule has 9 nitrogen and oxygen atoms in total. The van der Waals surface area contributed by atoms with Crippen molar-refractivity contribution in [3.05, 3.63) is 72.6 Å². The van der Waals surface area contributed by atoms with E-state index in [2.05, 4.69) is 38.1 Å². The van der Waals surface area contributed by atoms with Crippen LogP contribution in [0.2, 0.25) is 0 Å². The number of carbonyl (C=O) groups excluding carboxylic acids is 1. The molecule has 2 N–H and O–H groups in total. The van der Waals surface area contributed by atoms with Gasteiger partial charge in [-0.3, -0.25) is 4.79 Å². The smallest absolute Gasteiger partial charge is 0.247 e. The van der Waals surface area contributed by atoms with E-state index >= 15 is 0 Å². The number of rotatable bonds is 9. The lowest BCUT2D eigenvalue weighted by Crippen LogP contribution is -2.29. The van der Waals surface area contributed by atoms with Crippen LogP contribution >= 0.6 is 0 Å². The summed E-state index contributed by atoms with van der Waals surface area (Å²) in [4.78, 5) is 25.7. The highest BCUT2D eigenvalue weighted by atomic mass is 16.1. The number of hydrogen-bond donors (Lipinski definition) is 2. The lowest BCUT2D eigenvalue weighted by atomic mass is 10.1. The summed E-state index contributed by atoms with van der Waals surface area (Å²) in [7, 11) is 8.02. The molecule has 2 aromatic heterocycles. The number of nitriles is 1.